The number of carbonyl (C=O) groups excluding carboxylic acids is 1. The lowest BCUT2D eigenvalue weighted by Gasteiger charge is -2.00. The number of carboxylic acids is 1. The van der Waals surface area contributed by atoms with Gasteiger partial charge in [0, 0.05) is 22.0 Å². The number of hydrogen-bond donors (Lipinski definition) is 0. The Bertz CT molecular complexity index is 1010. The van der Waals surface area contributed by atoms with Gasteiger partial charge in [0.15, 0.2) is 0 Å². The van der Waals surface area contributed by atoms with Gasteiger partial charge in [0.05, 0.1) is 19.8 Å². The molecular formula is C17H9ClNO2S3-. The number of carboxylic acid groups (broad SMARTS) is 1. The van der Waals surface area contributed by atoms with Gasteiger partial charge in [0.25, 0.3) is 0 Å². The van der Waals surface area contributed by atoms with E-state index in [1.165, 1.54) is 27.4 Å². The first-order valence-corrected chi connectivity index (χ1v) is 9.87. The highest BCUT2D eigenvalue weighted by molar-refractivity contribution is 7.28. The van der Waals surface area contributed by atoms with Crippen LogP contribution in [-0.4, -0.2) is 11.0 Å². The lowest BCUT2D eigenvalue weighted by atomic mass is 10.2. The summed E-state index contributed by atoms with van der Waals surface area (Å²) in [6, 6.07) is 13.9. The zero-order chi connectivity index (χ0) is 16.7. The minimum absolute atomic E-state index is 0.202. The van der Waals surface area contributed by atoms with Crippen LogP contribution in [0, 0.1) is 0 Å². The van der Waals surface area contributed by atoms with E-state index in [-0.39, 0.29) is 6.42 Å². The first-order valence-electron chi connectivity index (χ1n) is 7.04. The molecule has 24 heavy (non-hydrogen) atoms. The summed E-state index contributed by atoms with van der Waals surface area (Å²) in [7, 11) is 0. The smallest absolute Gasteiger partial charge is 0.134 e. The minimum atomic E-state index is -1.13. The van der Waals surface area contributed by atoms with Gasteiger partial charge in [0.2, 0.25) is 0 Å². The molecule has 1 aromatic carbocycles. The molecule has 0 unspecified atom stereocenters. The quantitative estimate of drug-likeness (QED) is 0.507. The van der Waals surface area contributed by atoms with Crippen molar-refractivity contribution in [2.45, 2.75) is 6.42 Å². The molecular weight excluding hydrogens is 382 g/mol. The van der Waals surface area contributed by atoms with E-state index >= 15 is 0 Å². The van der Waals surface area contributed by atoms with Crippen molar-refractivity contribution in [3.05, 3.63) is 52.5 Å². The molecule has 0 aliphatic carbocycles. The average Bonchev–Trinajstić information content (AvgIpc) is 3.23. The van der Waals surface area contributed by atoms with Gasteiger partial charge in [-0.05, 0) is 29.7 Å². The van der Waals surface area contributed by atoms with Crippen molar-refractivity contribution in [2.24, 2.45) is 0 Å². The zero-order valence-electron chi connectivity index (χ0n) is 12.1. The van der Waals surface area contributed by atoms with Crippen molar-refractivity contribution in [2.75, 3.05) is 0 Å². The summed E-state index contributed by atoms with van der Waals surface area (Å²) in [5, 5.41) is 13.1. The maximum atomic E-state index is 11.1. The molecule has 0 amide bonds. The topological polar surface area (TPSA) is 53.0 Å². The summed E-state index contributed by atoms with van der Waals surface area (Å²) in [6.45, 7) is 0. The monoisotopic (exact) mass is 390 g/mol. The van der Waals surface area contributed by atoms with E-state index in [0.29, 0.717) is 10.0 Å². The van der Waals surface area contributed by atoms with Crippen LogP contribution in [0.15, 0.2) is 42.5 Å². The Labute approximate surface area is 154 Å². The van der Waals surface area contributed by atoms with E-state index < -0.39 is 5.97 Å². The van der Waals surface area contributed by atoms with Gasteiger partial charge in [-0.15, -0.1) is 34.0 Å². The van der Waals surface area contributed by atoms with Crippen LogP contribution in [0.4, 0.5) is 0 Å². The van der Waals surface area contributed by atoms with E-state index in [1.807, 2.05) is 24.3 Å². The van der Waals surface area contributed by atoms with Gasteiger partial charge < -0.3 is 9.90 Å². The van der Waals surface area contributed by atoms with Crippen LogP contribution in [0.1, 0.15) is 5.69 Å². The normalized spacial score (nSPS) is 11.2. The van der Waals surface area contributed by atoms with E-state index in [9.17, 15) is 9.90 Å². The third-order valence-electron chi connectivity index (χ3n) is 3.44. The molecule has 0 radical (unpaired) electrons. The molecule has 0 bridgehead atoms. The van der Waals surface area contributed by atoms with Gasteiger partial charge in [0.1, 0.15) is 5.01 Å². The third kappa shape index (κ3) is 2.98. The zero-order valence-corrected chi connectivity index (χ0v) is 15.3. The second kappa shape index (κ2) is 6.29. The number of rotatable bonds is 4. The number of benzene rings is 1. The van der Waals surface area contributed by atoms with Crippen molar-refractivity contribution in [3.63, 3.8) is 0 Å². The Morgan fingerprint density at radius 3 is 2.62 bits per heavy atom. The van der Waals surface area contributed by atoms with Crippen LogP contribution in [0.2, 0.25) is 4.34 Å². The van der Waals surface area contributed by atoms with Crippen LogP contribution >= 0.6 is 45.6 Å². The van der Waals surface area contributed by atoms with Crippen LogP contribution in [0.5, 0.6) is 0 Å². The van der Waals surface area contributed by atoms with Gasteiger partial charge >= 0.3 is 0 Å². The molecule has 7 heteroatoms. The maximum absolute atomic E-state index is 11.1. The highest BCUT2D eigenvalue weighted by Gasteiger charge is 2.17. The number of thiazole rings is 1. The standard InChI is InChI=1S/C17H10ClNO2S3/c18-14-6-5-12(23-14)16-10(8-15(20)21)19-17(24-16)13-7-9-3-1-2-4-11(9)22-13/h1-7H,8H2,(H,20,21)/p-1. The highest BCUT2D eigenvalue weighted by atomic mass is 35.5. The number of aromatic nitrogens is 1. The molecule has 4 aromatic rings. The number of carbonyl (C=O) groups is 1. The average molecular weight is 391 g/mol. The molecule has 0 aliphatic rings. The first kappa shape index (κ1) is 15.8. The summed E-state index contributed by atoms with van der Waals surface area (Å²) < 4.78 is 1.85. The summed E-state index contributed by atoms with van der Waals surface area (Å²) in [5.74, 6) is -1.13. The molecule has 3 nitrogen and oxygen atoms in total. The van der Waals surface area contributed by atoms with Crippen molar-refractivity contribution in [1.29, 1.82) is 0 Å². The Kier molecular flexibility index (Phi) is 4.14. The van der Waals surface area contributed by atoms with Gasteiger partial charge in [-0.25, -0.2) is 4.98 Å². The molecule has 4 rings (SSSR count). The molecule has 0 saturated heterocycles. The molecule has 0 atom stereocenters. The van der Waals surface area contributed by atoms with Crippen molar-refractivity contribution in [3.8, 4) is 19.6 Å². The fraction of sp³-hybridized carbons (Fsp3) is 0.0588. The highest BCUT2D eigenvalue weighted by Crippen LogP contribution is 2.42. The summed E-state index contributed by atoms with van der Waals surface area (Å²) in [5.41, 5.74) is 0.533. The van der Waals surface area contributed by atoms with E-state index in [2.05, 4.69) is 23.2 Å². The second-order valence-corrected chi connectivity index (χ2v) is 8.89. The van der Waals surface area contributed by atoms with Gasteiger partial charge in [-0.2, -0.15) is 0 Å². The third-order valence-corrected chi connectivity index (χ3v) is 7.24. The minimum Gasteiger partial charge on any atom is -0.550 e. The van der Waals surface area contributed by atoms with E-state index in [4.69, 9.17) is 11.6 Å². The Morgan fingerprint density at radius 2 is 1.92 bits per heavy atom. The molecule has 0 saturated carbocycles. The number of hydrogen-bond acceptors (Lipinski definition) is 6. The molecule has 0 N–H and O–H groups in total. The van der Waals surface area contributed by atoms with E-state index in [0.717, 1.165) is 25.0 Å². The fourth-order valence-electron chi connectivity index (χ4n) is 2.43. The number of nitrogens with zero attached hydrogens (tertiary/aromatic N) is 1. The van der Waals surface area contributed by atoms with Crippen LogP contribution in [0.3, 0.4) is 0 Å². The molecule has 120 valence electrons. The first-order chi connectivity index (χ1) is 11.6. The summed E-state index contributed by atoms with van der Waals surface area (Å²) in [6.07, 6.45) is -0.202. The molecule has 0 fully saturated rings. The molecule has 3 heterocycles. The van der Waals surface area contributed by atoms with Crippen molar-refractivity contribution < 1.29 is 9.90 Å². The number of aliphatic carboxylic acids is 1. The fourth-order valence-corrected chi connectivity index (χ4v) is 5.80. The predicted molar refractivity (Wildman–Crippen MR) is 100.0 cm³/mol. The van der Waals surface area contributed by atoms with Crippen molar-refractivity contribution >= 4 is 61.7 Å². The summed E-state index contributed by atoms with van der Waals surface area (Å²) in [4.78, 5) is 18.5. The molecule has 0 spiro atoms. The van der Waals surface area contributed by atoms with Crippen LogP contribution in [0.25, 0.3) is 29.7 Å². The number of fused-ring (bicyclic) bond motifs is 1. The SMILES string of the molecule is O=C([O-])Cc1nc(-c2cc3ccccc3s2)sc1-c1ccc(Cl)s1. The molecule has 3 aromatic heterocycles. The lowest BCUT2D eigenvalue weighted by Crippen LogP contribution is -2.24. The van der Waals surface area contributed by atoms with Crippen molar-refractivity contribution in [1.82, 2.24) is 4.98 Å². The Morgan fingerprint density at radius 1 is 1.08 bits per heavy atom. The second-order valence-electron chi connectivity index (χ2n) is 5.10. The largest absolute Gasteiger partial charge is 0.550 e. The van der Waals surface area contributed by atoms with Crippen LogP contribution in [-0.2, 0) is 11.2 Å². The Balaban J connectivity index is 1.84. The van der Waals surface area contributed by atoms with Gasteiger partial charge in [-0.1, -0.05) is 29.8 Å². The molecule has 0 aliphatic heterocycles. The Hall–Kier alpha value is -1.73. The summed E-state index contributed by atoms with van der Waals surface area (Å²) >= 11 is 10.6. The lowest BCUT2D eigenvalue weighted by molar-refractivity contribution is -0.304. The van der Waals surface area contributed by atoms with Gasteiger partial charge in [-0.3, -0.25) is 0 Å². The number of thiophene rings is 2. The number of halogens is 1. The van der Waals surface area contributed by atoms with E-state index in [1.54, 1.807) is 11.3 Å². The predicted octanol–water partition coefficient (Wildman–Crippen LogP) is 4.70. The van der Waals surface area contributed by atoms with Crippen LogP contribution < -0.4 is 5.11 Å². The maximum Gasteiger partial charge on any atom is 0.134 e.